The van der Waals surface area contributed by atoms with Crippen LogP contribution in [0.5, 0.6) is 0 Å². The molecule has 0 spiro atoms. The maximum atomic E-state index is 12.2. The Hall–Kier alpha value is -3.23. The Morgan fingerprint density at radius 1 is 1.23 bits per heavy atom. The number of carbonyl (C=O) groups is 5. The molecule has 1 heterocycles. The van der Waals surface area contributed by atoms with Crippen molar-refractivity contribution in [2.45, 2.75) is 20.0 Å². The Balaban J connectivity index is 1.95. The first kappa shape index (κ1) is 19.1. The van der Waals surface area contributed by atoms with E-state index in [0.717, 1.165) is 4.90 Å². The Morgan fingerprint density at radius 3 is 2.46 bits per heavy atom. The molecule has 0 unspecified atom stereocenters. The van der Waals surface area contributed by atoms with Crippen LogP contribution < -0.4 is 5.32 Å². The molecule has 0 aromatic heterocycles. The summed E-state index contributed by atoms with van der Waals surface area (Å²) in [5, 5.41) is 2.52. The van der Waals surface area contributed by atoms with Crippen LogP contribution in [0.25, 0.3) is 0 Å². The molecule has 1 aromatic rings. The van der Waals surface area contributed by atoms with Crippen molar-refractivity contribution >= 4 is 35.3 Å². The van der Waals surface area contributed by atoms with Crippen molar-refractivity contribution in [1.29, 1.82) is 0 Å². The van der Waals surface area contributed by atoms with Crippen molar-refractivity contribution in [3.05, 3.63) is 29.8 Å². The minimum atomic E-state index is -1.17. The van der Waals surface area contributed by atoms with Gasteiger partial charge in [-0.05, 0) is 26.0 Å². The Bertz CT molecular complexity index is 776. The maximum absolute atomic E-state index is 12.2. The molecule has 0 saturated carbocycles. The normalized spacial score (nSPS) is 15.0. The van der Waals surface area contributed by atoms with Gasteiger partial charge in [-0.15, -0.1) is 0 Å². The fourth-order valence-electron chi connectivity index (χ4n) is 2.37. The molecule has 1 aliphatic rings. The molecule has 4 amide bonds. The van der Waals surface area contributed by atoms with E-state index < -0.39 is 36.5 Å². The molecule has 1 fully saturated rings. The number of esters is 1. The molecule has 1 aromatic carbocycles. The number of anilines is 1. The lowest BCUT2D eigenvalue weighted by Gasteiger charge is -2.17. The monoisotopic (exact) mass is 361 g/mol. The second-order valence-electron chi connectivity index (χ2n) is 5.84. The van der Waals surface area contributed by atoms with Gasteiger partial charge >= 0.3 is 12.0 Å². The number of nitrogens with one attached hydrogen (secondary N) is 1. The van der Waals surface area contributed by atoms with Crippen LogP contribution in [0.1, 0.15) is 24.2 Å². The number of amides is 4. The van der Waals surface area contributed by atoms with Crippen molar-refractivity contribution in [3.8, 4) is 0 Å². The SMILES string of the molecule is CC(=O)c1ccccc1NC(=O)[C@H](C)OC(=O)CN1C(=O)CN(C)C1=O. The number of Topliss-reactive ketones (excluding diaryl/α,β-unsaturated/α-hetero) is 1. The first-order valence-electron chi connectivity index (χ1n) is 7.86. The molecule has 26 heavy (non-hydrogen) atoms. The molecule has 0 bridgehead atoms. The number of hydrogen-bond acceptors (Lipinski definition) is 6. The molecule has 0 aliphatic carbocycles. The van der Waals surface area contributed by atoms with Gasteiger partial charge in [-0.2, -0.15) is 0 Å². The molecular weight excluding hydrogens is 342 g/mol. The number of likely N-dealkylation sites (N-methyl/N-ethyl adjacent to an activating group) is 1. The zero-order chi connectivity index (χ0) is 19.4. The van der Waals surface area contributed by atoms with Gasteiger partial charge in [0.1, 0.15) is 13.1 Å². The predicted molar refractivity (Wildman–Crippen MR) is 90.4 cm³/mol. The smallest absolute Gasteiger partial charge is 0.327 e. The third kappa shape index (κ3) is 4.24. The second kappa shape index (κ2) is 7.77. The summed E-state index contributed by atoms with van der Waals surface area (Å²) in [7, 11) is 1.44. The van der Waals surface area contributed by atoms with E-state index in [1.165, 1.54) is 25.8 Å². The fourth-order valence-corrected chi connectivity index (χ4v) is 2.37. The van der Waals surface area contributed by atoms with Crippen LogP contribution in [-0.2, 0) is 19.1 Å². The number of benzene rings is 1. The van der Waals surface area contributed by atoms with E-state index in [-0.39, 0.29) is 12.3 Å². The molecule has 9 nitrogen and oxygen atoms in total. The van der Waals surface area contributed by atoms with Gasteiger partial charge in [0, 0.05) is 12.6 Å². The van der Waals surface area contributed by atoms with Crippen molar-refractivity contribution in [2.75, 3.05) is 25.5 Å². The highest BCUT2D eigenvalue weighted by Crippen LogP contribution is 2.16. The minimum absolute atomic E-state index is 0.107. The van der Waals surface area contributed by atoms with Gasteiger partial charge < -0.3 is 15.0 Å². The van der Waals surface area contributed by atoms with Crippen LogP contribution in [0, 0.1) is 0 Å². The third-order valence-electron chi connectivity index (χ3n) is 3.76. The van der Waals surface area contributed by atoms with Gasteiger partial charge in [-0.25, -0.2) is 4.79 Å². The largest absolute Gasteiger partial charge is 0.451 e. The summed E-state index contributed by atoms with van der Waals surface area (Å²) in [5.74, 6) is -2.25. The van der Waals surface area contributed by atoms with Crippen molar-refractivity contribution < 1.29 is 28.7 Å². The van der Waals surface area contributed by atoms with E-state index >= 15 is 0 Å². The summed E-state index contributed by atoms with van der Waals surface area (Å²) in [4.78, 5) is 61.0. The lowest BCUT2D eigenvalue weighted by Crippen LogP contribution is -2.39. The second-order valence-corrected chi connectivity index (χ2v) is 5.84. The summed E-state index contributed by atoms with van der Waals surface area (Å²) < 4.78 is 4.98. The summed E-state index contributed by atoms with van der Waals surface area (Å²) in [5.41, 5.74) is 0.634. The first-order chi connectivity index (χ1) is 12.2. The first-order valence-corrected chi connectivity index (χ1v) is 7.86. The predicted octanol–water partition coefficient (Wildman–Crippen LogP) is 0.653. The lowest BCUT2D eigenvalue weighted by molar-refractivity contribution is -0.154. The van der Waals surface area contributed by atoms with Gasteiger partial charge in [0.05, 0.1) is 5.69 Å². The summed E-state index contributed by atoms with van der Waals surface area (Å²) in [6, 6.07) is 5.84. The fraction of sp³-hybridized carbons (Fsp3) is 0.353. The van der Waals surface area contributed by atoms with Gasteiger partial charge in [0.15, 0.2) is 11.9 Å². The Labute approximate surface area is 149 Å². The zero-order valence-corrected chi connectivity index (χ0v) is 14.6. The van der Waals surface area contributed by atoms with Crippen LogP contribution in [0.4, 0.5) is 10.5 Å². The van der Waals surface area contributed by atoms with Gasteiger partial charge in [-0.1, -0.05) is 12.1 Å². The number of hydrogen-bond donors (Lipinski definition) is 1. The van der Waals surface area contributed by atoms with E-state index in [4.69, 9.17) is 4.74 Å². The standard InChI is InChI=1S/C17H19N3O6/c1-10(21)12-6-4-5-7-13(12)18-16(24)11(2)26-15(23)9-20-14(22)8-19(3)17(20)25/h4-7,11H,8-9H2,1-3H3,(H,18,24)/t11-/m0/s1. The Kier molecular flexibility index (Phi) is 5.71. The van der Waals surface area contributed by atoms with Crippen LogP contribution in [0.15, 0.2) is 24.3 Å². The number of urea groups is 1. The number of carbonyl (C=O) groups excluding carboxylic acids is 5. The molecule has 1 aliphatic heterocycles. The van der Waals surface area contributed by atoms with E-state index in [9.17, 15) is 24.0 Å². The van der Waals surface area contributed by atoms with E-state index in [1.807, 2.05) is 0 Å². The average molecular weight is 361 g/mol. The minimum Gasteiger partial charge on any atom is -0.451 e. The van der Waals surface area contributed by atoms with E-state index in [0.29, 0.717) is 11.3 Å². The average Bonchev–Trinajstić information content (AvgIpc) is 2.81. The third-order valence-corrected chi connectivity index (χ3v) is 3.76. The number of imide groups is 1. The van der Waals surface area contributed by atoms with Crippen LogP contribution >= 0.6 is 0 Å². The van der Waals surface area contributed by atoms with Crippen LogP contribution in [0.3, 0.4) is 0 Å². The van der Waals surface area contributed by atoms with E-state index in [1.54, 1.807) is 24.3 Å². The summed E-state index contributed by atoms with van der Waals surface area (Å²) >= 11 is 0. The van der Waals surface area contributed by atoms with Gasteiger partial charge in [0.25, 0.3) is 11.8 Å². The molecule has 1 atom stereocenters. The summed E-state index contributed by atoms with van der Waals surface area (Å²) in [6.07, 6.45) is -1.17. The van der Waals surface area contributed by atoms with Crippen molar-refractivity contribution in [2.24, 2.45) is 0 Å². The highest BCUT2D eigenvalue weighted by Gasteiger charge is 2.35. The summed E-state index contributed by atoms with van der Waals surface area (Å²) in [6.45, 7) is 2.05. The van der Waals surface area contributed by atoms with E-state index in [2.05, 4.69) is 5.32 Å². The topological polar surface area (TPSA) is 113 Å². The molecule has 1 saturated heterocycles. The Morgan fingerprint density at radius 2 is 1.88 bits per heavy atom. The number of rotatable bonds is 6. The number of ketones is 1. The molecular formula is C17H19N3O6. The molecule has 0 radical (unpaired) electrons. The van der Waals surface area contributed by atoms with Gasteiger partial charge in [0.2, 0.25) is 0 Å². The number of ether oxygens (including phenoxy) is 1. The van der Waals surface area contributed by atoms with Crippen LogP contribution in [0.2, 0.25) is 0 Å². The molecule has 2 rings (SSSR count). The van der Waals surface area contributed by atoms with Crippen molar-refractivity contribution in [1.82, 2.24) is 9.80 Å². The number of nitrogens with zero attached hydrogens (tertiary/aromatic N) is 2. The zero-order valence-electron chi connectivity index (χ0n) is 14.6. The lowest BCUT2D eigenvalue weighted by atomic mass is 10.1. The molecule has 9 heteroatoms. The maximum Gasteiger partial charge on any atom is 0.327 e. The quantitative estimate of drug-likeness (QED) is 0.452. The highest BCUT2D eigenvalue weighted by atomic mass is 16.5. The highest BCUT2D eigenvalue weighted by molar-refractivity contribution is 6.05. The van der Waals surface area contributed by atoms with Crippen molar-refractivity contribution in [3.63, 3.8) is 0 Å². The van der Waals surface area contributed by atoms with Gasteiger partial charge in [-0.3, -0.25) is 24.1 Å². The molecule has 1 N–H and O–H groups in total. The molecule has 138 valence electrons. The number of para-hydroxylation sites is 1. The van der Waals surface area contributed by atoms with Crippen LogP contribution in [-0.4, -0.2) is 65.6 Å².